The molecule has 4 aromatic rings. The molecule has 4 rings (SSSR count). The van der Waals surface area contributed by atoms with Crippen molar-refractivity contribution >= 4 is 50.9 Å². The topological polar surface area (TPSA) is 59.8 Å². The first-order valence-corrected chi connectivity index (χ1v) is 11.6. The van der Waals surface area contributed by atoms with Crippen LogP contribution in [0, 0.1) is 6.92 Å². The molecule has 1 N–H and O–H groups in total. The van der Waals surface area contributed by atoms with Gasteiger partial charge < -0.3 is 5.32 Å². The van der Waals surface area contributed by atoms with Gasteiger partial charge in [-0.1, -0.05) is 75.2 Å². The summed E-state index contributed by atoms with van der Waals surface area (Å²) in [7, 11) is 0. The quantitative estimate of drug-likeness (QED) is 0.304. The third-order valence-electron chi connectivity index (χ3n) is 4.45. The fraction of sp³-hybridized carbons (Fsp3) is 0.0870. The van der Waals surface area contributed by atoms with Crippen LogP contribution in [0.4, 0.5) is 5.69 Å². The van der Waals surface area contributed by atoms with Crippen LogP contribution in [0.15, 0.2) is 82.4 Å². The molecular weight excluding hydrogens is 496 g/mol. The molecule has 8 heteroatoms. The SMILES string of the molecule is Cc1ccc(-n2c(SCC(=O)Nc3cccc(Br)c3)nnc2-c2cccc(Cl)c2)cc1. The molecule has 1 amide bonds. The Kier molecular flexibility index (Phi) is 6.75. The van der Waals surface area contributed by atoms with Crippen LogP contribution in [-0.2, 0) is 4.79 Å². The van der Waals surface area contributed by atoms with Crippen LogP contribution in [0.25, 0.3) is 17.1 Å². The minimum Gasteiger partial charge on any atom is -0.325 e. The minimum atomic E-state index is -0.120. The molecule has 0 saturated heterocycles. The molecule has 1 aromatic heterocycles. The minimum absolute atomic E-state index is 0.120. The molecule has 5 nitrogen and oxygen atoms in total. The molecule has 0 saturated carbocycles. The summed E-state index contributed by atoms with van der Waals surface area (Å²) in [5, 5.41) is 12.9. The van der Waals surface area contributed by atoms with E-state index in [0.29, 0.717) is 16.0 Å². The average Bonchev–Trinajstić information content (AvgIpc) is 3.17. The predicted octanol–water partition coefficient (Wildman–Crippen LogP) is 6.39. The van der Waals surface area contributed by atoms with E-state index >= 15 is 0 Å². The van der Waals surface area contributed by atoms with Gasteiger partial charge in [-0.3, -0.25) is 9.36 Å². The second-order valence-electron chi connectivity index (χ2n) is 6.83. The average molecular weight is 514 g/mol. The lowest BCUT2D eigenvalue weighted by atomic mass is 10.2. The van der Waals surface area contributed by atoms with Crippen molar-refractivity contribution in [2.45, 2.75) is 12.1 Å². The highest BCUT2D eigenvalue weighted by Crippen LogP contribution is 2.29. The van der Waals surface area contributed by atoms with E-state index in [1.54, 1.807) is 0 Å². The predicted molar refractivity (Wildman–Crippen MR) is 130 cm³/mol. The third kappa shape index (κ3) is 5.36. The largest absolute Gasteiger partial charge is 0.325 e. The van der Waals surface area contributed by atoms with E-state index in [1.165, 1.54) is 11.8 Å². The second kappa shape index (κ2) is 9.68. The van der Waals surface area contributed by atoms with E-state index in [0.717, 1.165) is 27.0 Å². The Balaban J connectivity index is 1.61. The lowest BCUT2D eigenvalue weighted by Crippen LogP contribution is -2.14. The second-order valence-corrected chi connectivity index (χ2v) is 9.13. The summed E-state index contributed by atoms with van der Waals surface area (Å²) < 4.78 is 2.85. The van der Waals surface area contributed by atoms with E-state index in [1.807, 2.05) is 84.3 Å². The normalized spacial score (nSPS) is 10.8. The molecule has 0 spiro atoms. The molecule has 156 valence electrons. The summed E-state index contributed by atoms with van der Waals surface area (Å²) in [4.78, 5) is 12.5. The Bertz CT molecular complexity index is 1230. The number of carbonyl (C=O) groups excluding carboxylic acids is 1. The highest BCUT2D eigenvalue weighted by molar-refractivity contribution is 9.10. The van der Waals surface area contributed by atoms with E-state index in [2.05, 4.69) is 31.4 Å². The summed E-state index contributed by atoms with van der Waals surface area (Å²) >= 11 is 10.9. The zero-order valence-electron chi connectivity index (χ0n) is 16.5. The smallest absolute Gasteiger partial charge is 0.234 e. The first kappa shape index (κ1) is 21.6. The van der Waals surface area contributed by atoms with Gasteiger partial charge >= 0.3 is 0 Å². The summed E-state index contributed by atoms with van der Waals surface area (Å²) in [6, 6.07) is 23.1. The fourth-order valence-corrected chi connectivity index (χ4v) is 4.34. The number of halogens is 2. The molecule has 0 aliphatic rings. The van der Waals surface area contributed by atoms with Gasteiger partial charge in [0.05, 0.1) is 5.75 Å². The number of hydrogen-bond donors (Lipinski definition) is 1. The van der Waals surface area contributed by atoms with Crippen molar-refractivity contribution in [3.63, 3.8) is 0 Å². The molecule has 0 atom stereocenters. The first-order valence-electron chi connectivity index (χ1n) is 9.46. The van der Waals surface area contributed by atoms with Crippen LogP contribution in [0.1, 0.15) is 5.56 Å². The third-order valence-corrected chi connectivity index (χ3v) is 6.11. The maximum Gasteiger partial charge on any atom is 0.234 e. The lowest BCUT2D eigenvalue weighted by Gasteiger charge is -2.11. The van der Waals surface area contributed by atoms with Gasteiger partial charge in [0.2, 0.25) is 5.91 Å². The van der Waals surface area contributed by atoms with Crippen molar-refractivity contribution in [2.24, 2.45) is 0 Å². The number of amides is 1. The number of rotatable bonds is 6. The Labute approximate surface area is 198 Å². The summed E-state index contributed by atoms with van der Waals surface area (Å²) in [5.74, 6) is 0.749. The van der Waals surface area contributed by atoms with Crippen molar-refractivity contribution < 1.29 is 4.79 Å². The molecule has 0 aliphatic carbocycles. The van der Waals surface area contributed by atoms with E-state index in [9.17, 15) is 4.79 Å². The van der Waals surface area contributed by atoms with Gasteiger partial charge in [-0.2, -0.15) is 0 Å². The van der Waals surface area contributed by atoms with Gasteiger partial charge in [-0.15, -0.1) is 10.2 Å². The number of carbonyl (C=O) groups is 1. The number of hydrogen-bond acceptors (Lipinski definition) is 4. The lowest BCUT2D eigenvalue weighted by molar-refractivity contribution is -0.113. The van der Waals surface area contributed by atoms with Crippen LogP contribution in [0.5, 0.6) is 0 Å². The monoisotopic (exact) mass is 512 g/mol. The van der Waals surface area contributed by atoms with Gasteiger partial charge in [-0.05, 0) is 49.4 Å². The molecule has 31 heavy (non-hydrogen) atoms. The maximum absolute atomic E-state index is 12.5. The van der Waals surface area contributed by atoms with Crippen molar-refractivity contribution in [3.8, 4) is 17.1 Å². The Morgan fingerprint density at radius 3 is 2.58 bits per heavy atom. The van der Waals surface area contributed by atoms with Crippen molar-refractivity contribution in [3.05, 3.63) is 87.9 Å². The number of aromatic nitrogens is 3. The first-order chi connectivity index (χ1) is 15.0. The van der Waals surface area contributed by atoms with E-state index in [4.69, 9.17) is 11.6 Å². The molecule has 3 aromatic carbocycles. The van der Waals surface area contributed by atoms with Gasteiger partial charge in [0.25, 0.3) is 0 Å². The molecule has 0 radical (unpaired) electrons. The van der Waals surface area contributed by atoms with Gasteiger partial charge in [0.15, 0.2) is 11.0 Å². The van der Waals surface area contributed by atoms with Gasteiger partial charge in [0.1, 0.15) is 0 Å². The van der Waals surface area contributed by atoms with Crippen molar-refractivity contribution in [1.82, 2.24) is 14.8 Å². The molecular formula is C23H18BrClN4OS. The Morgan fingerprint density at radius 2 is 1.84 bits per heavy atom. The zero-order chi connectivity index (χ0) is 21.8. The number of benzene rings is 3. The highest BCUT2D eigenvalue weighted by atomic mass is 79.9. The number of thioether (sulfide) groups is 1. The molecule has 0 aliphatic heterocycles. The molecule has 0 fully saturated rings. The Morgan fingerprint density at radius 1 is 1.06 bits per heavy atom. The fourth-order valence-electron chi connectivity index (χ4n) is 3.00. The van der Waals surface area contributed by atoms with Crippen LogP contribution in [0.2, 0.25) is 5.02 Å². The van der Waals surface area contributed by atoms with E-state index in [-0.39, 0.29) is 11.7 Å². The molecule has 0 unspecified atom stereocenters. The molecule has 1 heterocycles. The number of nitrogens with zero attached hydrogens (tertiary/aromatic N) is 3. The van der Waals surface area contributed by atoms with E-state index < -0.39 is 0 Å². The molecule has 0 bridgehead atoms. The van der Waals surface area contributed by atoms with Crippen LogP contribution in [-0.4, -0.2) is 26.4 Å². The zero-order valence-corrected chi connectivity index (χ0v) is 19.7. The number of anilines is 1. The number of aryl methyl sites for hydroxylation is 1. The highest BCUT2D eigenvalue weighted by Gasteiger charge is 2.17. The maximum atomic E-state index is 12.5. The van der Waals surface area contributed by atoms with Crippen LogP contribution < -0.4 is 5.32 Å². The standard InChI is InChI=1S/C23H18BrClN4OS/c1-15-8-10-20(11-9-15)29-22(16-4-2-6-18(25)12-16)27-28-23(29)31-14-21(30)26-19-7-3-5-17(24)13-19/h2-13H,14H2,1H3,(H,26,30). The van der Waals surface area contributed by atoms with Gasteiger partial charge in [-0.25, -0.2) is 0 Å². The van der Waals surface area contributed by atoms with Crippen molar-refractivity contribution in [1.29, 1.82) is 0 Å². The van der Waals surface area contributed by atoms with Crippen molar-refractivity contribution in [2.75, 3.05) is 11.1 Å². The summed E-state index contributed by atoms with van der Waals surface area (Å²) in [6.45, 7) is 2.04. The summed E-state index contributed by atoms with van der Waals surface area (Å²) in [6.07, 6.45) is 0. The van der Waals surface area contributed by atoms with Gasteiger partial charge in [0, 0.05) is 26.4 Å². The van der Waals surface area contributed by atoms with Crippen LogP contribution in [0.3, 0.4) is 0 Å². The Hall–Kier alpha value is -2.61. The number of nitrogens with one attached hydrogen (secondary N) is 1. The van der Waals surface area contributed by atoms with Crippen LogP contribution >= 0.6 is 39.3 Å². The summed E-state index contributed by atoms with van der Waals surface area (Å²) in [5.41, 5.74) is 3.66.